The second-order valence-electron chi connectivity index (χ2n) is 8.08. The second-order valence-corrected chi connectivity index (χ2v) is 8.08. The lowest BCUT2D eigenvalue weighted by Gasteiger charge is -2.21. The molecule has 0 N–H and O–H groups in total. The molecule has 4 rings (SSSR count). The summed E-state index contributed by atoms with van der Waals surface area (Å²) >= 11 is 0. The van der Waals surface area contributed by atoms with Crippen molar-refractivity contribution in [3.8, 4) is 17.6 Å². The Morgan fingerprint density at radius 1 is 1.12 bits per heavy atom. The van der Waals surface area contributed by atoms with Crippen molar-refractivity contribution >= 4 is 12.0 Å². The normalized spacial score (nSPS) is 14.5. The summed E-state index contributed by atoms with van der Waals surface area (Å²) < 4.78 is 19.9. The molecule has 1 aromatic heterocycles. The van der Waals surface area contributed by atoms with E-state index in [0.717, 1.165) is 31.6 Å². The van der Waals surface area contributed by atoms with Crippen molar-refractivity contribution < 1.29 is 13.9 Å². The molecule has 6 nitrogen and oxygen atoms in total. The van der Waals surface area contributed by atoms with Crippen LogP contribution in [0.4, 0.5) is 4.39 Å². The SMILES string of the molecule is N#Cc1ccc(CN2CCCN(C(=O)/C=C/c3ccc(Oc4cccnc4)c(F)c3)CC2)cc1. The number of pyridine rings is 1. The second kappa shape index (κ2) is 11.2. The molecule has 3 aromatic rings. The number of carbonyl (C=O) groups excluding carboxylic acids is 1. The third-order valence-corrected chi connectivity index (χ3v) is 5.63. The molecule has 2 heterocycles. The largest absolute Gasteiger partial charge is 0.453 e. The van der Waals surface area contributed by atoms with E-state index in [1.807, 2.05) is 29.2 Å². The van der Waals surface area contributed by atoms with Gasteiger partial charge < -0.3 is 9.64 Å². The summed E-state index contributed by atoms with van der Waals surface area (Å²) in [6.07, 6.45) is 7.13. The van der Waals surface area contributed by atoms with Gasteiger partial charge in [-0.2, -0.15) is 5.26 Å². The van der Waals surface area contributed by atoms with Crippen molar-refractivity contribution in [1.82, 2.24) is 14.8 Å². The molecule has 1 saturated heterocycles. The van der Waals surface area contributed by atoms with Crippen LogP contribution in [0.25, 0.3) is 6.08 Å². The maximum absolute atomic E-state index is 14.4. The van der Waals surface area contributed by atoms with Crippen LogP contribution >= 0.6 is 0 Å². The zero-order valence-corrected chi connectivity index (χ0v) is 18.7. The molecule has 0 atom stereocenters. The van der Waals surface area contributed by atoms with Gasteiger partial charge in [0.05, 0.1) is 17.8 Å². The van der Waals surface area contributed by atoms with Crippen molar-refractivity contribution in [3.05, 3.63) is 95.6 Å². The molecule has 0 radical (unpaired) electrons. The Morgan fingerprint density at radius 2 is 1.97 bits per heavy atom. The minimum absolute atomic E-state index is 0.0867. The lowest BCUT2D eigenvalue weighted by Crippen LogP contribution is -2.34. The van der Waals surface area contributed by atoms with Gasteiger partial charge in [0.1, 0.15) is 5.75 Å². The molecule has 172 valence electrons. The van der Waals surface area contributed by atoms with Crippen molar-refractivity contribution in [2.75, 3.05) is 26.2 Å². The fraction of sp³-hybridized carbons (Fsp3) is 0.222. The van der Waals surface area contributed by atoms with E-state index < -0.39 is 5.82 Å². The Labute approximate surface area is 198 Å². The molecule has 1 aliphatic rings. The topological polar surface area (TPSA) is 69.5 Å². The van der Waals surface area contributed by atoms with Crippen LogP contribution in [0, 0.1) is 17.1 Å². The van der Waals surface area contributed by atoms with Gasteiger partial charge in [0.25, 0.3) is 0 Å². The first kappa shape index (κ1) is 23.1. The number of carbonyl (C=O) groups is 1. The number of ether oxygens (including phenoxy) is 1. The standard InChI is InChI=1S/C27H25FN4O2/c28-25-17-21(8-10-26(25)34-24-3-1-12-30-19-24)9-11-27(33)32-14-2-13-31(15-16-32)20-23-6-4-22(18-29)5-7-23/h1,3-12,17,19H,2,13-16,20H2/b11-9+. The van der Waals surface area contributed by atoms with E-state index >= 15 is 0 Å². The average molecular weight is 457 g/mol. The first-order valence-corrected chi connectivity index (χ1v) is 11.2. The third-order valence-electron chi connectivity index (χ3n) is 5.63. The van der Waals surface area contributed by atoms with E-state index in [1.54, 1.807) is 36.5 Å². The molecule has 1 fully saturated rings. The van der Waals surface area contributed by atoms with E-state index in [-0.39, 0.29) is 11.7 Å². The third kappa shape index (κ3) is 6.27. The Kier molecular flexibility index (Phi) is 7.63. The first-order valence-electron chi connectivity index (χ1n) is 11.2. The first-order chi connectivity index (χ1) is 16.6. The number of aromatic nitrogens is 1. The summed E-state index contributed by atoms with van der Waals surface area (Å²) in [5, 5.41) is 8.94. The Bertz CT molecular complexity index is 1190. The molecule has 1 aliphatic heterocycles. The van der Waals surface area contributed by atoms with Crippen molar-refractivity contribution in [3.63, 3.8) is 0 Å². The average Bonchev–Trinajstić information content (AvgIpc) is 3.11. The van der Waals surface area contributed by atoms with E-state index in [4.69, 9.17) is 10.00 Å². The van der Waals surface area contributed by atoms with Crippen LogP contribution in [0.3, 0.4) is 0 Å². The van der Waals surface area contributed by atoms with Crippen LogP contribution in [0.5, 0.6) is 11.5 Å². The summed E-state index contributed by atoms with van der Waals surface area (Å²) in [6, 6.07) is 17.7. The van der Waals surface area contributed by atoms with Gasteiger partial charge in [-0.25, -0.2) is 4.39 Å². The van der Waals surface area contributed by atoms with Gasteiger partial charge in [-0.1, -0.05) is 18.2 Å². The fourth-order valence-corrected chi connectivity index (χ4v) is 3.80. The highest BCUT2D eigenvalue weighted by molar-refractivity contribution is 5.91. The fourth-order valence-electron chi connectivity index (χ4n) is 3.80. The highest BCUT2D eigenvalue weighted by atomic mass is 19.1. The van der Waals surface area contributed by atoms with Crippen LogP contribution in [0.1, 0.15) is 23.1 Å². The number of benzene rings is 2. The van der Waals surface area contributed by atoms with Crippen LogP contribution in [-0.2, 0) is 11.3 Å². The summed E-state index contributed by atoms with van der Waals surface area (Å²) in [7, 11) is 0. The van der Waals surface area contributed by atoms with Crippen molar-refractivity contribution in [2.24, 2.45) is 0 Å². The van der Waals surface area contributed by atoms with Gasteiger partial charge in [-0.3, -0.25) is 14.7 Å². The molecule has 34 heavy (non-hydrogen) atoms. The smallest absolute Gasteiger partial charge is 0.246 e. The van der Waals surface area contributed by atoms with Crippen molar-refractivity contribution in [1.29, 1.82) is 5.26 Å². The van der Waals surface area contributed by atoms with E-state index in [1.165, 1.54) is 18.3 Å². The summed E-state index contributed by atoms with van der Waals surface area (Å²) in [4.78, 5) is 20.8. The highest BCUT2D eigenvalue weighted by Crippen LogP contribution is 2.25. The number of rotatable bonds is 6. The lowest BCUT2D eigenvalue weighted by atomic mass is 10.1. The predicted octanol–water partition coefficient (Wildman–Crippen LogP) is 4.63. The number of hydrogen-bond donors (Lipinski definition) is 0. The molecule has 1 amide bonds. The Hall–Kier alpha value is -4.02. The van der Waals surface area contributed by atoms with Crippen LogP contribution in [0.2, 0.25) is 0 Å². The Morgan fingerprint density at radius 3 is 2.71 bits per heavy atom. The maximum Gasteiger partial charge on any atom is 0.246 e. The monoisotopic (exact) mass is 456 g/mol. The number of halogens is 1. The molecule has 2 aromatic carbocycles. The van der Waals surface area contributed by atoms with Crippen LogP contribution < -0.4 is 4.74 Å². The summed E-state index contributed by atoms with van der Waals surface area (Å²) in [5.74, 6) is -0.0383. The molecular weight excluding hydrogens is 431 g/mol. The molecular formula is C27H25FN4O2. The quantitative estimate of drug-likeness (QED) is 0.506. The number of nitriles is 1. The lowest BCUT2D eigenvalue weighted by molar-refractivity contribution is -0.125. The van der Waals surface area contributed by atoms with Gasteiger partial charge in [0, 0.05) is 45.0 Å². The van der Waals surface area contributed by atoms with Crippen molar-refractivity contribution in [2.45, 2.75) is 13.0 Å². The molecule has 7 heteroatoms. The van der Waals surface area contributed by atoms with E-state index in [2.05, 4.69) is 16.0 Å². The van der Waals surface area contributed by atoms with E-state index in [9.17, 15) is 9.18 Å². The zero-order chi connectivity index (χ0) is 23.8. The minimum atomic E-state index is -0.508. The van der Waals surface area contributed by atoms with Gasteiger partial charge in [0.15, 0.2) is 11.6 Å². The predicted molar refractivity (Wildman–Crippen MR) is 127 cm³/mol. The number of hydrogen-bond acceptors (Lipinski definition) is 5. The summed E-state index contributed by atoms with van der Waals surface area (Å²) in [5.41, 5.74) is 2.39. The molecule has 0 saturated carbocycles. The molecule has 0 bridgehead atoms. The van der Waals surface area contributed by atoms with Gasteiger partial charge in [0.2, 0.25) is 5.91 Å². The van der Waals surface area contributed by atoms with Crippen LogP contribution in [-0.4, -0.2) is 46.9 Å². The van der Waals surface area contributed by atoms with Gasteiger partial charge in [-0.15, -0.1) is 0 Å². The molecule has 0 unspecified atom stereocenters. The maximum atomic E-state index is 14.4. The Balaban J connectivity index is 1.31. The number of nitrogens with zero attached hydrogens (tertiary/aromatic N) is 4. The highest BCUT2D eigenvalue weighted by Gasteiger charge is 2.18. The van der Waals surface area contributed by atoms with E-state index in [0.29, 0.717) is 30.0 Å². The molecule has 0 spiro atoms. The van der Waals surface area contributed by atoms with Gasteiger partial charge >= 0.3 is 0 Å². The minimum Gasteiger partial charge on any atom is -0.453 e. The zero-order valence-electron chi connectivity index (χ0n) is 18.7. The molecule has 0 aliphatic carbocycles. The number of amides is 1. The van der Waals surface area contributed by atoms with Crippen LogP contribution in [0.15, 0.2) is 73.1 Å². The summed E-state index contributed by atoms with van der Waals surface area (Å²) in [6.45, 7) is 3.77. The van der Waals surface area contributed by atoms with Gasteiger partial charge in [-0.05, 0) is 60.0 Å².